The summed E-state index contributed by atoms with van der Waals surface area (Å²) in [6.45, 7) is 1.74. The van der Waals surface area contributed by atoms with Crippen LogP contribution in [0.2, 0.25) is 0 Å². The lowest BCUT2D eigenvalue weighted by molar-refractivity contribution is -0.137. The number of nitrogens with zero attached hydrogens (tertiary/aromatic N) is 2. The minimum Gasteiger partial charge on any atom is -0.460 e. The van der Waals surface area contributed by atoms with E-state index in [1.807, 2.05) is 0 Å². The number of hydrogen-bond acceptors (Lipinski definition) is 4. The Labute approximate surface area is 122 Å². The highest BCUT2D eigenvalue weighted by Gasteiger charge is 2.31. The van der Waals surface area contributed by atoms with Gasteiger partial charge in [-0.05, 0) is 30.7 Å². The van der Waals surface area contributed by atoms with Crippen LogP contribution < -0.4 is 0 Å². The predicted molar refractivity (Wildman–Crippen MR) is 66.5 cm³/mol. The molecule has 0 aliphatic heterocycles. The predicted octanol–water partition coefficient (Wildman–Crippen LogP) is 2.73. The fraction of sp³-hybridized carbons (Fsp3) is 0.308. The van der Waals surface area contributed by atoms with Crippen molar-refractivity contribution < 1.29 is 27.1 Å². The fourth-order valence-electron chi connectivity index (χ4n) is 1.73. The van der Waals surface area contributed by atoms with Gasteiger partial charge in [-0.3, -0.25) is 0 Å². The highest BCUT2D eigenvalue weighted by Crippen LogP contribution is 2.30. The quantitative estimate of drug-likeness (QED) is 0.695. The van der Waals surface area contributed by atoms with Crippen LogP contribution in [0.25, 0.3) is 0 Å². The Bertz CT molecular complexity index is 682. The van der Waals surface area contributed by atoms with E-state index in [9.17, 15) is 22.4 Å². The van der Waals surface area contributed by atoms with Crippen molar-refractivity contribution in [2.75, 3.05) is 6.61 Å². The van der Waals surface area contributed by atoms with Gasteiger partial charge >= 0.3 is 12.1 Å². The molecule has 0 bridgehead atoms. The van der Waals surface area contributed by atoms with Gasteiger partial charge in [0.05, 0.1) is 12.2 Å². The summed E-state index contributed by atoms with van der Waals surface area (Å²) in [5.74, 6) is -1.68. The van der Waals surface area contributed by atoms with Crippen LogP contribution in [0.1, 0.15) is 34.5 Å². The van der Waals surface area contributed by atoms with E-state index in [-0.39, 0.29) is 30.2 Å². The van der Waals surface area contributed by atoms with Gasteiger partial charge in [0.1, 0.15) is 11.6 Å². The first kappa shape index (κ1) is 15.9. The number of benzene rings is 1. The van der Waals surface area contributed by atoms with Crippen molar-refractivity contribution >= 4 is 5.97 Å². The zero-order valence-electron chi connectivity index (χ0n) is 11.4. The van der Waals surface area contributed by atoms with E-state index in [0.29, 0.717) is 12.1 Å². The van der Waals surface area contributed by atoms with Gasteiger partial charge in [-0.25, -0.2) is 9.18 Å². The number of esters is 1. The second-order valence-electron chi connectivity index (χ2n) is 4.32. The average molecular weight is 317 g/mol. The summed E-state index contributed by atoms with van der Waals surface area (Å²) in [5.41, 5.74) is -1.17. The van der Waals surface area contributed by atoms with Crippen LogP contribution in [0.5, 0.6) is 0 Å². The van der Waals surface area contributed by atoms with Gasteiger partial charge in [-0.15, -0.1) is 10.2 Å². The molecule has 2 aromatic rings. The van der Waals surface area contributed by atoms with Crippen molar-refractivity contribution in [3.8, 4) is 0 Å². The lowest BCUT2D eigenvalue weighted by Crippen LogP contribution is -2.07. The summed E-state index contributed by atoms with van der Waals surface area (Å²) in [6, 6.07) is 2.09. The lowest BCUT2D eigenvalue weighted by atomic mass is 10.1. The molecule has 0 saturated carbocycles. The molecule has 1 aromatic carbocycles. The number of rotatable bonds is 4. The maximum absolute atomic E-state index is 13.6. The number of ether oxygens (including phenoxy) is 1. The summed E-state index contributed by atoms with van der Waals surface area (Å²) in [6.07, 6.45) is -4.83. The molecule has 1 aromatic heterocycles. The van der Waals surface area contributed by atoms with Gasteiger partial charge in [0, 0.05) is 6.42 Å². The van der Waals surface area contributed by atoms with E-state index in [1.165, 1.54) is 0 Å². The highest BCUT2D eigenvalue weighted by molar-refractivity contribution is 5.84. The lowest BCUT2D eigenvalue weighted by Gasteiger charge is -2.08. The van der Waals surface area contributed by atoms with E-state index in [0.717, 1.165) is 6.07 Å². The molecule has 1 heterocycles. The van der Waals surface area contributed by atoms with Gasteiger partial charge in [-0.1, -0.05) is 0 Å². The third-order valence-electron chi connectivity index (χ3n) is 2.73. The third kappa shape index (κ3) is 3.60. The highest BCUT2D eigenvalue weighted by atomic mass is 19.4. The zero-order valence-corrected chi connectivity index (χ0v) is 11.4. The topological polar surface area (TPSA) is 67.9 Å². The van der Waals surface area contributed by atoms with Gasteiger partial charge in [0.25, 0.3) is 0 Å². The normalized spacial score (nSPS) is 11.5. The Morgan fingerprint density at radius 3 is 2.68 bits per heavy atom. The van der Waals surface area contributed by atoms with E-state index in [2.05, 4.69) is 19.9 Å². The first-order chi connectivity index (χ1) is 10.3. The monoisotopic (exact) mass is 317 g/mol. The Morgan fingerprint density at radius 1 is 1.32 bits per heavy atom. The molecule has 0 amide bonds. The number of hydrogen-bond donors (Lipinski definition) is 1. The first-order valence-electron chi connectivity index (χ1n) is 6.25. The molecule has 5 nitrogen and oxygen atoms in total. The number of H-pyrrole nitrogens is 1. The molecule has 2 rings (SSSR count). The van der Waals surface area contributed by atoms with Crippen LogP contribution in [0, 0.1) is 5.82 Å². The Morgan fingerprint density at radius 2 is 2.05 bits per heavy atom. The molecular formula is C13H11F4N3O2. The first-order valence-corrected chi connectivity index (χ1v) is 6.25. The Hall–Kier alpha value is -2.45. The second kappa shape index (κ2) is 6.12. The van der Waals surface area contributed by atoms with Crippen molar-refractivity contribution in [2.45, 2.75) is 19.5 Å². The van der Waals surface area contributed by atoms with Crippen LogP contribution in [0.15, 0.2) is 18.2 Å². The molecule has 0 atom stereocenters. The van der Waals surface area contributed by atoms with Crippen molar-refractivity contribution in [2.24, 2.45) is 0 Å². The maximum atomic E-state index is 13.6. The van der Waals surface area contributed by atoms with Crippen LogP contribution in [0.4, 0.5) is 17.6 Å². The number of carbonyl (C=O) groups excluding carboxylic acids is 1. The molecule has 0 spiro atoms. The number of carbonyl (C=O) groups is 1. The summed E-state index contributed by atoms with van der Waals surface area (Å²) < 4.78 is 56.1. The van der Waals surface area contributed by atoms with Crippen molar-refractivity contribution in [3.05, 3.63) is 46.8 Å². The number of aromatic amines is 1. The van der Waals surface area contributed by atoms with Gasteiger partial charge in [0.2, 0.25) is 5.82 Å². The second-order valence-corrected chi connectivity index (χ2v) is 4.32. The summed E-state index contributed by atoms with van der Waals surface area (Å²) in [5, 5.41) is 7.10. The van der Waals surface area contributed by atoms with Crippen LogP contribution in [-0.4, -0.2) is 27.8 Å². The van der Waals surface area contributed by atoms with Gasteiger partial charge < -0.3 is 9.72 Å². The van der Waals surface area contributed by atoms with Crippen LogP contribution >= 0.6 is 0 Å². The van der Waals surface area contributed by atoms with Crippen molar-refractivity contribution in [1.82, 2.24) is 15.2 Å². The summed E-state index contributed by atoms with van der Waals surface area (Å²) in [7, 11) is 0. The fourth-order valence-corrected chi connectivity index (χ4v) is 1.73. The molecule has 1 N–H and O–H groups in total. The van der Waals surface area contributed by atoms with E-state index in [1.54, 1.807) is 6.92 Å². The third-order valence-corrected chi connectivity index (χ3v) is 2.73. The summed E-state index contributed by atoms with van der Waals surface area (Å²) >= 11 is 0. The number of aromatic nitrogens is 3. The molecule has 9 heteroatoms. The minimum atomic E-state index is -4.57. The molecule has 0 aliphatic carbocycles. The number of nitrogens with one attached hydrogen (secondary N) is 1. The molecule has 0 radical (unpaired) electrons. The van der Waals surface area contributed by atoms with E-state index in [4.69, 9.17) is 0 Å². The molecule has 22 heavy (non-hydrogen) atoms. The van der Waals surface area contributed by atoms with Crippen LogP contribution in [-0.2, 0) is 17.3 Å². The van der Waals surface area contributed by atoms with Crippen molar-refractivity contribution in [1.29, 1.82) is 0 Å². The summed E-state index contributed by atoms with van der Waals surface area (Å²) in [4.78, 5) is 13.9. The largest absolute Gasteiger partial charge is 0.460 e. The molecular weight excluding hydrogens is 306 g/mol. The van der Waals surface area contributed by atoms with E-state index >= 15 is 0 Å². The minimum absolute atomic E-state index is 0.0567. The molecule has 0 saturated heterocycles. The molecule has 118 valence electrons. The Kier molecular flexibility index (Phi) is 4.43. The number of alkyl halides is 3. The van der Waals surface area contributed by atoms with Gasteiger partial charge in [-0.2, -0.15) is 13.2 Å². The number of halogens is 4. The smallest absolute Gasteiger partial charge is 0.416 e. The molecule has 0 unspecified atom stereocenters. The Balaban J connectivity index is 2.22. The van der Waals surface area contributed by atoms with E-state index < -0.39 is 23.5 Å². The maximum Gasteiger partial charge on any atom is 0.416 e. The zero-order chi connectivity index (χ0) is 16.3. The standard InChI is InChI=1S/C13H11F4N3O2/c1-2-22-12(21)11-18-10(19-20-11)6-7-5-8(13(15,16)17)3-4-9(7)14/h3-5H,2,6H2,1H3,(H,18,19,20). The molecule has 0 aliphatic rings. The van der Waals surface area contributed by atoms with Gasteiger partial charge in [0.15, 0.2) is 0 Å². The average Bonchev–Trinajstić information content (AvgIpc) is 2.89. The molecule has 0 fully saturated rings. The van der Waals surface area contributed by atoms with Crippen LogP contribution in [0.3, 0.4) is 0 Å². The SMILES string of the molecule is CCOC(=O)c1nnc(Cc2cc(C(F)(F)F)ccc2F)[nH]1. The van der Waals surface area contributed by atoms with Crippen molar-refractivity contribution in [3.63, 3.8) is 0 Å².